The van der Waals surface area contributed by atoms with Gasteiger partial charge in [-0.15, -0.1) is 0 Å². The van der Waals surface area contributed by atoms with Gasteiger partial charge in [0, 0.05) is 11.4 Å². The lowest BCUT2D eigenvalue weighted by Crippen LogP contribution is -2.47. The molecule has 1 atom stereocenters. The van der Waals surface area contributed by atoms with Gasteiger partial charge in [0.25, 0.3) is 5.91 Å². The predicted octanol–water partition coefficient (Wildman–Crippen LogP) is 3.41. The average molecular weight is 413 g/mol. The van der Waals surface area contributed by atoms with Crippen LogP contribution in [0.3, 0.4) is 0 Å². The molecule has 2 rings (SSSR count). The normalized spacial score (nSPS) is 11.3. The van der Waals surface area contributed by atoms with Crippen LogP contribution in [0.5, 0.6) is 5.75 Å². The van der Waals surface area contributed by atoms with E-state index in [1.54, 1.807) is 62.4 Å². The zero-order valence-electron chi connectivity index (χ0n) is 17.3. The van der Waals surface area contributed by atoms with Crippen LogP contribution in [-0.4, -0.2) is 37.2 Å². The Hall–Kier alpha value is -3.55. The maximum atomic E-state index is 12.4. The van der Waals surface area contributed by atoms with Crippen molar-refractivity contribution in [3.63, 3.8) is 0 Å². The van der Waals surface area contributed by atoms with Crippen LogP contribution in [-0.2, 0) is 14.3 Å². The largest absolute Gasteiger partial charge is 0.494 e. The van der Waals surface area contributed by atoms with Gasteiger partial charge in [-0.1, -0.05) is 32.0 Å². The van der Waals surface area contributed by atoms with Gasteiger partial charge in [0.2, 0.25) is 0 Å². The van der Waals surface area contributed by atoms with Gasteiger partial charge in [-0.3, -0.25) is 4.79 Å². The molecule has 0 radical (unpaired) electrons. The molecule has 30 heavy (non-hydrogen) atoms. The second-order valence-corrected chi connectivity index (χ2v) is 6.80. The van der Waals surface area contributed by atoms with Gasteiger partial charge in [0.15, 0.2) is 6.61 Å². The first-order chi connectivity index (χ1) is 14.4. The first-order valence-corrected chi connectivity index (χ1v) is 9.71. The molecule has 0 saturated carbocycles. The van der Waals surface area contributed by atoms with Crippen molar-refractivity contribution in [2.24, 2.45) is 5.92 Å². The van der Waals surface area contributed by atoms with E-state index >= 15 is 0 Å². The second-order valence-electron chi connectivity index (χ2n) is 6.80. The number of esters is 1. The van der Waals surface area contributed by atoms with Gasteiger partial charge >= 0.3 is 12.0 Å². The Morgan fingerprint density at radius 3 is 2.13 bits per heavy atom. The Bertz CT molecular complexity index is 838. The number of hydrogen-bond acceptors (Lipinski definition) is 5. The third-order valence-electron chi connectivity index (χ3n) is 4.03. The quantitative estimate of drug-likeness (QED) is 0.546. The molecule has 0 spiro atoms. The molecule has 0 aliphatic rings. The van der Waals surface area contributed by atoms with E-state index in [4.69, 9.17) is 9.47 Å². The summed E-state index contributed by atoms with van der Waals surface area (Å²) in [6, 6.07) is 14.3. The molecular formula is C22H27N3O5. The Balaban J connectivity index is 1.83. The molecule has 0 unspecified atom stereocenters. The molecule has 8 nitrogen and oxygen atoms in total. The van der Waals surface area contributed by atoms with Crippen molar-refractivity contribution in [3.05, 3.63) is 54.6 Å². The van der Waals surface area contributed by atoms with E-state index in [1.807, 2.05) is 13.0 Å². The minimum Gasteiger partial charge on any atom is -0.494 e. The number of hydrogen-bond donors (Lipinski definition) is 3. The van der Waals surface area contributed by atoms with Gasteiger partial charge in [0.05, 0.1) is 6.61 Å². The summed E-state index contributed by atoms with van der Waals surface area (Å²) in [4.78, 5) is 36.6. The highest BCUT2D eigenvalue weighted by atomic mass is 16.5. The molecule has 3 N–H and O–H groups in total. The van der Waals surface area contributed by atoms with Crippen molar-refractivity contribution in [3.8, 4) is 5.75 Å². The van der Waals surface area contributed by atoms with Gasteiger partial charge in [-0.25, -0.2) is 9.59 Å². The fourth-order valence-corrected chi connectivity index (χ4v) is 2.55. The zero-order valence-corrected chi connectivity index (χ0v) is 17.3. The van der Waals surface area contributed by atoms with Crippen LogP contribution in [0.2, 0.25) is 0 Å². The number of carbonyl (C=O) groups is 3. The maximum Gasteiger partial charge on any atom is 0.329 e. The molecule has 0 heterocycles. The van der Waals surface area contributed by atoms with Crippen LogP contribution >= 0.6 is 0 Å². The Morgan fingerprint density at radius 2 is 1.53 bits per heavy atom. The molecule has 0 aliphatic heterocycles. The minimum atomic E-state index is -0.896. The molecule has 2 aromatic rings. The van der Waals surface area contributed by atoms with E-state index in [-0.39, 0.29) is 5.92 Å². The van der Waals surface area contributed by atoms with E-state index in [1.165, 1.54) is 0 Å². The number of nitrogens with one attached hydrogen (secondary N) is 3. The van der Waals surface area contributed by atoms with Crippen molar-refractivity contribution < 1.29 is 23.9 Å². The number of carbonyl (C=O) groups excluding carboxylic acids is 3. The molecule has 160 valence electrons. The second kappa shape index (κ2) is 11.5. The zero-order chi connectivity index (χ0) is 21.9. The first-order valence-electron chi connectivity index (χ1n) is 9.71. The highest BCUT2D eigenvalue weighted by Gasteiger charge is 2.26. The topological polar surface area (TPSA) is 106 Å². The summed E-state index contributed by atoms with van der Waals surface area (Å²) in [5.74, 6) is -0.700. The Labute approximate surface area is 175 Å². The molecule has 0 aromatic heterocycles. The van der Waals surface area contributed by atoms with Crippen LogP contribution in [0, 0.1) is 5.92 Å². The summed E-state index contributed by atoms with van der Waals surface area (Å²) in [6.45, 7) is 5.52. The summed E-state index contributed by atoms with van der Waals surface area (Å²) in [5.41, 5.74) is 1.15. The number of anilines is 2. The molecule has 0 aliphatic carbocycles. The SMILES string of the molecule is CCOc1ccc(NC(=O)COC(=O)[C@H](NC(=O)Nc2ccccc2)C(C)C)cc1. The summed E-state index contributed by atoms with van der Waals surface area (Å²) >= 11 is 0. The minimum absolute atomic E-state index is 0.229. The summed E-state index contributed by atoms with van der Waals surface area (Å²) in [5, 5.41) is 7.87. The molecular weight excluding hydrogens is 386 g/mol. The third kappa shape index (κ3) is 7.46. The molecule has 0 saturated heterocycles. The van der Waals surface area contributed by atoms with Crippen LogP contribution < -0.4 is 20.7 Å². The fourth-order valence-electron chi connectivity index (χ4n) is 2.55. The lowest BCUT2D eigenvalue weighted by molar-refractivity contribution is -0.150. The van der Waals surface area contributed by atoms with E-state index in [0.717, 1.165) is 0 Å². The van der Waals surface area contributed by atoms with Crippen molar-refractivity contribution in [2.45, 2.75) is 26.8 Å². The van der Waals surface area contributed by atoms with Crippen molar-refractivity contribution in [2.75, 3.05) is 23.8 Å². The van der Waals surface area contributed by atoms with Crippen molar-refractivity contribution >= 4 is 29.3 Å². The van der Waals surface area contributed by atoms with Crippen LogP contribution in [0.1, 0.15) is 20.8 Å². The standard InChI is InChI=1S/C22H27N3O5/c1-4-29-18-12-10-17(11-13-18)23-19(26)14-30-21(27)20(15(2)3)25-22(28)24-16-8-6-5-7-9-16/h5-13,15,20H,4,14H2,1-3H3,(H,23,26)(H2,24,25,28)/t20-/m1/s1. The van der Waals surface area contributed by atoms with Crippen molar-refractivity contribution in [1.82, 2.24) is 5.32 Å². The third-order valence-corrected chi connectivity index (χ3v) is 4.03. The summed E-state index contributed by atoms with van der Waals surface area (Å²) in [6.07, 6.45) is 0. The Kier molecular flexibility index (Phi) is 8.68. The average Bonchev–Trinajstić information content (AvgIpc) is 2.72. The number of benzene rings is 2. The highest BCUT2D eigenvalue weighted by molar-refractivity contribution is 5.95. The van der Waals surface area contributed by atoms with Gasteiger partial charge in [0.1, 0.15) is 11.8 Å². The lowest BCUT2D eigenvalue weighted by Gasteiger charge is -2.21. The van der Waals surface area contributed by atoms with Gasteiger partial charge in [-0.2, -0.15) is 0 Å². The molecule has 8 heteroatoms. The van der Waals surface area contributed by atoms with Gasteiger partial charge < -0.3 is 25.4 Å². The first kappa shape index (κ1) is 22.7. The molecule has 3 amide bonds. The summed E-state index contributed by atoms with van der Waals surface area (Å²) in [7, 11) is 0. The van der Waals surface area contributed by atoms with Gasteiger partial charge in [-0.05, 0) is 49.2 Å². The van der Waals surface area contributed by atoms with E-state index in [9.17, 15) is 14.4 Å². The number of para-hydroxylation sites is 1. The van der Waals surface area contributed by atoms with Crippen LogP contribution in [0.25, 0.3) is 0 Å². The number of urea groups is 1. The number of amides is 3. The van der Waals surface area contributed by atoms with Crippen LogP contribution in [0.15, 0.2) is 54.6 Å². The maximum absolute atomic E-state index is 12.4. The lowest BCUT2D eigenvalue weighted by atomic mass is 10.1. The van der Waals surface area contributed by atoms with E-state index in [0.29, 0.717) is 23.7 Å². The predicted molar refractivity (Wildman–Crippen MR) is 114 cm³/mol. The van der Waals surface area contributed by atoms with E-state index < -0.39 is 30.6 Å². The fraction of sp³-hybridized carbons (Fsp3) is 0.318. The molecule has 2 aromatic carbocycles. The van der Waals surface area contributed by atoms with Crippen molar-refractivity contribution in [1.29, 1.82) is 0 Å². The monoisotopic (exact) mass is 413 g/mol. The molecule has 0 bridgehead atoms. The Morgan fingerprint density at radius 1 is 0.900 bits per heavy atom. The molecule has 0 fully saturated rings. The number of rotatable bonds is 9. The van der Waals surface area contributed by atoms with Crippen LogP contribution in [0.4, 0.5) is 16.2 Å². The number of ether oxygens (including phenoxy) is 2. The van der Waals surface area contributed by atoms with E-state index in [2.05, 4.69) is 16.0 Å². The highest BCUT2D eigenvalue weighted by Crippen LogP contribution is 2.15. The summed E-state index contributed by atoms with van der Waals surface area (Å²) < 4.78 is 10.4. The smallest absolute Gasteiger partial charge is 0.329 e.